The third kappa shape index (κ3) is 24.0. The summed E-state index contributed by atoms with van der Waals surface area (Å²) >= 11 is 0. The summed E-state index contributed by atoms with van der Waals surface area (Å²) in [5, 5.41) is 86.8. The van der Waals surface area contributed by atoms with Gasteiger partial charge in [0.05, 0.1) is 32.0 Å². The molecule has 0 saturated carbocycles. The summed E-state index contributed by atoms with van der Waals surface area (Å²) in [5.41, 5.74) is 0. The zero-order chi connectivity index (χ0) is 46.1. The molecule has 0 aromatic carbocycles. The Labute approximate surface area is 379 Å². The summed E-state index contributed by atoms with van der Waals surface area (Å²) < 4.78 is 22.7. The van der Waals surface area contributed by atoms with Crippen LogP contribution in [-0.2, 0) is 23.7 Å². The molecule has 12 unspecified atom stereocenters. The van der Waals surface area contributed by atoms with Crippen LogP contribution >= 0.6 is 0 Å². The lowest BCUT2D eigenvalue weighted by Gasteiger charge is -2.46. The van der Waals surface area contributed by atoms with E-state index >= 15 is 0 Å². The minimum Gasteiger partial charge on any atom is -0.394 e. The number of nitrogens with one attached hydrogen (secondary N) is 1. The van der Waals surface area contributed by atoms with E-state index in [1.807, 2.05) is 0 Å². The smallest absolute Gasteiger partial charge is 0.220 e. The Balaban J connectivity index is 1.84. The zero-order valence-electron chi connectivity index (χ0n) is 38.8. The predicted octanol–water partition coefficient (Wildman–Crippen LogP) is 5.93. The van der Waals surface area contributed by atoms with Gasteiger partial charge in [0.1, 0.15) is 48.8 Å². The number of carbonyl (C=O) groups is 1. The van der Waals surface area contributed by atoms with Crippen molar-refractivity contribution in [2.24, 2.45) is 0 Å². The van der Waals surface area contributed by atoms with Gasteiger partial charge in [0.2, 0.25) is 5.91 Å². The summed E-state index contributed by atoms with van der Waals surface area (Å²) in [7, 11) is 0. The van der Waals surface area contributed by atoms with Crippen LogP contribution in [0.2, 0.25) is 0 Å². The molecule has 0 radical (unpaired) electrons. The molecule has 9 N–H and O–H groups in total. The first-order valence-corrected chi connectivity index (χ1v) is 24.7. The number of carbonyl (C=O) groups excluding carboxylic acids is 1. The third-order valence-corrected chi connectivity index (χ3v) is 12.1. The molecule has 2 fully saturated rings. The van der Waals surface area contributed by atoms with Crippen LogP contribution in [0, 0.1) is 0 Å². The number of aliphatic hydroxyl groups excluding tert-OH is 8. The van der Waals surface area contributed by atoms with Crippen molar-refractivity contribution < 1.29 is 64.6 Å². The molecule has 2 aliphatic heterocycles. The molecule has 0 aromatic heterocycles. The second-order valence-electron chi connectivity index (χ2n) is 17.6. The number of allylic oxidation sites excluding steroid dienone is 6. The molecule has 0 aliphatic carbocycles. The van der Waals surface area contributed by atoms with Crippen LogP contribution < -0.4 is 5.32 Å². The van der Waals surface area contributed by atoms with Crippen LogP contribution in [0.5, 0.6) is 0 Å². The molecule has 2 heterocycles. The minimum absolute atomic E-state index is 0.220. The van der Waals surface area contributed by atoms with Crippen LogP contribution in [0.1, 0.15) is 174 Å². The second kappa shape index (κ2) is 36.3. The van der Waals surface area contributed by atoms with Crippen molar-refractivity contribution in [1.29, 1.82) is 0 Å². The first-order valence-electron chi connectivity index (χ1n) is 24.7. The Bertz CT molecular complexity index is 1200. The van der Waals surface area contributed by atoms with E-state index in [4.69, 9.17) is 18.9 Å². The van der Waals surface area contributed by atoms with Gasteiger partial charge in [-0.25, -0.2) is 0 Å². The maximum Gasteiger partial charge on any atom is 0.220 e. The highest BCUT2D eigenvalue weighted by Crippen LogP contribution is 2.30. The topological polar surface area (TPSA) is 228 Å². The predicted molar refractivity (Wildman–Crippen MR) is 244 cm³/mol. The lowest BCUT2D eigenvalue weighted by molar-refractivity contribution is -0.359. The maximum atomic E-state index is 13.2. The van der Waals surface area contributed by atoms with E-state index in [1.54, 1.807) is 0 Å². The van der Waals surface area contributed by atoms with Crippen molar-refractivity contribution in [1.82, 2.24) is 5.32 Å². The van der Waals surface area contributed by atoms with Gasteiger partial charge < -0.3 is 65.1 Å². The van der Waals surface area contributed by atoms with E-state index in [0.717, 1.165) is 77.0 Å². The number of rotatable bonds is 37. The monoisotopic (exact) mass is 900 g/mol. The number of unbranched alkanes of at least 4 members (excludes halogenated alkanes) is 18. The van der Waals surface area contributed by atoms with Gasteiger partial charge >= 0.3 is 0 Å². The lowest BCUT2D eigenvalue weighted by Crippen LogP contribution is -2.65. The van der Waals surface area contributed by atoms with Crippen molar-refractivity contribution in [2.45, 2.75) is 248 Å². The van der Waals surface area contributed by atoms with Gasteiger partial charge in [-0.3, -0.25) is 4.79 Å². The molecule has 0 spiro atoms. The first kappa shape index (κ1) is 57.3. The molecular formula is C49H89NO13. The number of ether oxygens (including phenoxy) is 4. The van der Waals surface area contributed by atoms with Crippen molar-refractivity contribution >= 4 is 5.91 Å². The minimum atomic E-state index is -1.78. The van der Waals surface area contributed by atoms with E-state index in [9.17, 15) is 45.6 Å². The molecule has 2 saturated heterocycles. The van der Waals surface area contributed by atoms with Gasteiger partial charge in [-0.05, 0) is 44.9 Å². The fourth-order valence-electron chi connectivity index (χ4n) is 8.07. The van der Waals surface area contributed by atoms with E-state index < -0.39 is 86.8 Å². The Morgan fingerprint density at radius 2 is 1.10 bits per heavy atom. The Morgan fingerprint density at radius 3 is 1.68 bits per heavy atom. The highest BCUT2D eigenvalue weighted by molar-refractivity contribution is 5.76. The van der Waals surface area contributed by atoms with Gasteiger partial charge in [0, 0.05) is 6.42 Å². The molecular weight excluding hydrogens is 811 g/mol. The standard InChI is InChI=1S/C49H89NO13/c1-3-5-7-9-11-13-15-17-18-19-20-21-23-25-27-29-31-33-41(54)50-37(38(53)32-30-28-26-24-22-16-14-12-10-8-6-4-2)36-60-48-46(59)44(57)47(40(35-52)62-48)63-49-45(58)43(56)42(55)39(34-51)61-49/h5,7,11,13,17-18,37-40,42-49,51-53,55-59H,3-4,6,8-10,12,14-16,19-36H2,1-2H3,(H,50,54)/b7-5-,13-11-,18-17-. The quantitative estimate of drug-likeness (QED) is 0.0261. The van der Waals surface area contributed by atoms with Gasteiger partial charge in [-0.1, -0.05) is 159 Å². The van der Waals surface area contributed by atoms with Crippen LogP contribution in [0.25, 0.3) is 0 Å². The normalized spacial score (nSPS) is 27.8. The van der Waals surface area contributed by atoms with Gasteiger partial charge in [-0.15, -0.1) is 0 Å². The summed E-state index contributed by atoms with van der Waals surface area (Å²) in [6, 6.07) is -0.832. The van der Waals surface area contributed by atoms with Gasteiger partial charge in [-0.2, -0.15) is 0 Å². The van der Waals surface area contributed by atoms with E-state index in [2.05, 4.69) is 55.6 Å². The van der Waals surface area contributed by atoms with Crippen LogP contribution in [0.15, 0.2) is 36.5 Å². The lowest BCUT2D eigenvalue weighted by atomic mass is 9.97. The van der Waals surface area contributed by atoms with E-state index in [0.29, 0.717) is 19.3 Å². The van der Waals surface area contributed by atoms with E-state index in [-0.39, 0.29) is 12.5 Å². The highest BCUT2D eigenvalue weighted by atomic mass is 16.7. The molecule has 2 rings (SSSR count). The molecule has 14 nitrogen and oxygen atoms in total. The number of amides is 1. The molecule has 0 aromatic rings. The Morgan fingerprint density at radius 1 is 0.587 bits per heavy atom. The summed E-state index contributed by atoms with van der Waals surface area (Å²) in [5.74, 6) is -0.220. The number of hydrogen-bond acceptors (Lipinski definition) is 13. The van der Waals surface area contributed by atoms with Crippen molar-refractivity contribution in [3.05, 3.63) is 36.5 Å². The molecule has 14 heteroatoms. The molecule has 368 valence electrons. The number of hydrogen-bond donors (Lipinski definition) is 9. The van der Waals surface area contributed by atoms with Crippen molar-refractivity contribution in [3.63, 3.8) is 0 Å². The average molecular weight is 900 g/mol. The Hall–Kier alpha value is -1.79. The molecule has 12 atom stereocenters. The zero-order valence-corrected chi connectivity index (χ0v) is 38.8. The molecule has 1 amide bonds. The summed E-state index contributed by atoms with van der Waals surface area (Å²) in [4.78, 5) is 13.2. The Kier molecular flexibility index (Phi) is 33.1. The number of aliphatic hydroxyl groups is 8. The summed E-state index contributed by atoms with van der Waals surface area (Å²) in [6.07, 6.45) is 22.9. The fraction of sp³-hybridized carbons (Fsp3) is 0.857. The third-order valence-electron chi connectivity index (χ3n) is 12.1. The van der Waals surface area contributed by atoms with Crippen LogP contribution in [0.4, 0.5) is 0 Å². The summed E-state index contributed by atoms with van der Waals surface area (Å²) in [6.45, 7) is 2.71. The first-order chi connectivity index (χ1) is 30.6. The van der Waals surface area contributed by atoms with Gasteiger partial charge in [0.25, 0.3) is 0 Å². The SMILES string of the molecule is CC/C=C\C/C=C\C/C=C\CCCCCCCCCC(=O)NC(COC1OC(CO)C(OC2OC(CO)C(O)C(O)C2O)C(O)C1O)C(O)CCCCCCCCCCCCCC. The average Bonchev–Trinajstić information content (AvgIpc) is 3.28. The molecule has 2 aliphatic rings. The van der Waals surface area contributed by atoms with Gasteiger partial charge in [0.15, 0.2) is 12.6 Å². The van der Waals surface area contributed by atoms with Crippen molar-refractivity contribution in [2.75, 3.05) is 19.8 Å². The molecule has 0 bridgehead atoms. The fourth-order valence-corrected chi connectivity index (χ4v) is 8.07. The second-order valence-corrected chi connectivity index (χ2v) is 17.6. The largest absolute Gasteiger partial charge is 0.394 e. The van der Waals surface area contributed by atoms with Crippen LogP contribution in [0.3, 0.4) is 0 Å². The van der Waals surface area contributed by atoms with Crippen molar-refractivity contribution in [3.8, 4) is 0 Å². The highest BCUT2D eigenvalue weighted by Gasteiger charge is 2.51. The van der Waals surface area contributed by atoms with E-state index in [1.165, 1.54) is 64.2 Å². The maximum absolute atomic E-state index is 13.2. The molecule has 63 heavy (non-hydrogen) atoms. The van der Waals surface area contributed by atoms with Crippen LogP contribution in [-0.4, -0.2) is 140 Å².